The zero-order valence-corrected chi connectivity index (χ0v) is 11.4. The van der Waals surface area contributed by atoms with Gasteiger partial charge in [-0.05, 0) is 35.9 Å². The normalized spacial score (nSPS) is 11.6. The summed E-state index contributed by atoms with van der Waals surface area (Å²) in [7, 11) is 1.61. The molecule has 5 nitrogen and oxygen atoms in total. The summed E-state index contributed by atoms with van der Waals surface area (Å²) in [4.78, 5) is 11.4. The standard InChI is InChI=1S/C16H13N3O2/c1-21-14-8-6-12(7-9-14)10-13(11-20)19-16-5-3-2-4-15(16)17-18-19/h2-11H,1H3/b13-10-. The summed E-state index contributed by atoms with van der Waals surface area (Å²) in [5, 5.41) is 8.09. The van der Waals surface area contributed by atoms with E-state index < -0.39 is 0 Å². The Morgan fingerprint density at radius 1 is 1.14 bits per heavy atom. The number of rotatable bonds is 4. The fraction of sp³-hybridized carbons (Fsp3) is 0.0625. The first-order valence-electron chi connectivity index (χ1n) is 6.43. The van der Waals surface area contributed by atoms with Gasteiger partial charge >= 0.3 is 0 Å². The van der Waals surface area contributed by atoms with E-state index in [0.717, 1.165) is 28.6 Å². The molecule has 3 aromatic rings. The van der Waals surface area contributed by atoms with Crippen molar-refractivity contribution in [2.75, 3.05) is 7.11 Å². The van der Waals surface area contributed by atoms with Crippen LogP contribution in [0, 0.1) is 0 Å². The van der Waals surface area contributed by atoms with E-state index in [1.54, 1.807) is 13.2 Å². The van der Waals surface area contributed by atoms with Crippen molar-refractivity contribution in [2.45, 2.75) is 0 Å². The summed E-state index contributed by atoms with van der Waals surface area (Å²) >= 11 is 0. The Hall–Kier alpha value is -2.95. The van der Waals surface area contributed by atoms with Gasteiger partial charge in [-0.2, -0.15) is 0 Å². The van der Waals surface area contributed by atoms with Gasteiger partial charge in [0.05, 0.1) is 12.6 Å². The maximum atomic E-state index is 11.4. The second-order valence-corrected chi connectivity index (χ2v) is 4.45. The number of ether oxygens (including phenoxy) is 1. The Morgan fingerprint density at radius 2 is 1.90 bits per heavy atom. The van der Waals surface area contributed by atoms with Crippen LogP contribution in [0.4, 0.5) is 0 Å². The first-order chi connectivity index (χ1) is 10.3. The van der Waals surface area contributed by atoms with E-state index in [9.17, 15) is 4.79 Å². The highest BCUT2D eigenvalue weighted by molar-refractivity contribution is 6.07. The first kappa shape index (κ1) is 13.1. The lowest BCUT2D eigenvalue weighted by molar-refractivity contribution is -0.103. The molecule has 5 heteroatoms. The van der Waals surface area contributed by atoms with E-state index in [2.05, 4.69) is 10.3 Å². The Labute approximate surface area is 121 Å². The van der Waals surface area contributed by atoms with Gasteiger partial charge in [0.25, 0.3) is 0 Å². The molecule has 0 bridgehead atoms. The largest absolute Gasteiger partial charge is 0.497 e. The first-order valence-corrected chi connectivity index (χ1v) is 6.43. The Kier molecular flexibility index (Phi) is 3.47. The van der Waals surface area contributed by atoms with Crippen LogP contribution in [0.1, 0.15) is 5.56 Å². The number of benzene rings is 2. The molecule has 0 saturated heterocycles. The van der Waals surface area contributed by atoms with Gasteiger partial charge in [-0.1, -0.05) is 29.5 Å². The van der Waals surface area contributed by atoms with Gasteiger partial charge in [0.2, 0.25) is 0 Å². The van der Waals surface area contributed by atoms with E-state index in [1.165, 1.54) is 4.68 Å². The van der Waals surface area contributed by atoms with Crippen LogP contribution in [-0.2, 0) is 4.79 Å². The van der Waals surface area contributed by atoms with Crippen LogP contribution in [0.15, 0.2) is 48.5 Å². The zero-order chi connectivity index (χ0) is 14.7. The molecule has 0 atom stereocenters. The molecular formula is C16H13N3O2. The number of fused-ring (bicyclic) bond motifs is 1. The quantitative estimate of drug-likeness (QED) is 0.544. The van der Waals surface area contributed by atoms with Crippen LogP contribution in [0.2, 0.25) is 0 Å². The summed E-state index contributed by atoms with van der Waals surface area (Å²) < 4.78 is 6.65. The summed E-state index contributed by atoms with van der Waals surface area (Å²) in [6, 6.07) is 14.9. The van der Waals surface area contributed by atoms with Crippen molar-refractivity contribution in [3.05, 3.63) is 54.1 Å². The number of aldehydes is 1. The molecule has 0 aliphatic heterocycles. The minimum Gasteiger partial charge on any atom is -0.497 e. The van der Waals surface area contributed by atoms with E-state index >= 15 is 0 Å². The highest BCUT2D eigenvalue weighted by atomic mass is 16.5. The van der Waals surface area contributed by atoms with Gasteiger partial charge in [-0.25, -0.2) is 4.68 Å². The van der Waals surface area contributed by atoms with Crippen LogP contribution in [0.3, 0.4) is 0 Å². The average molecular weight is 279 g/mol. The van der Waals surface area contributed by atoms with Gasteiger partial charge in [0.15, 0.2) is 6.29 Å². The fourth-order valence-electron chi connectivity index (χ4n) is 2.08. The third-order valence-corrected chi connectivity index (χ3v) is 3.15. The minimum absolute atomic E-state index is 0.425. The number of carbonyl (C=O) groups is 1. The van der Waals surface area contributed by atoms with Gasteiger partial charge in [0.1, 0.15) is 17.0 Å². The summed E-state index contributed by atoms with van der Waals surface area (Å²) in [5.74, 6) is 0.769. The Morgan fingerprint density at radius 3 is 2.62 bits per heavy atom. The van der Waals surface area contributed by atoms with Gasteiger partial charge in [-0.15, -0.1) is 5.10 Å². The number of allylic oxidation sites excluding steroid dienone is 1. The van der Waals surface area contributed by atoms with E-state index in [0.29, 0.717) is 5.70 Å². The number of carbonyl (C=O) groups excluding carboxylic acids is 1. The third-order valence-electron chi connectivity index (χ3n) is 3.15. The van der Waals surface area contributed by atoms with Gasteiger partial charge in [-0.3, -0.25) is 4.79 Å². The molecular weight excluding hydrogens is 266 g/mol. The van der Waals surface area contributed by atoms with Gasteiger partial charge in [0, 0.05) is 0 Å². The molecule has 0 radical (unpaired) electrons. The van der Waals surface area contributed by atoms with Crippen LogP contribution in [-0.4, -0.2) is 28.4 Å². The second-order valence-electron chi connectivity index (χ2n) is 4.45. The molecule has 0 saturated carbocycles. The lowest BCUT2D eigenvalue weighted by atomic mass is 10.2. The molecule has 0 aliphatic carbocycles. The van der Waals surface area contributed by atoms with Gasteiger partial charge < -0.3 is 4.74 Å². The molecule has 2 aromatic carbocycles. The minimum atomic E-state index is 0.425. The number of nitrogens with zero attached hydrogens (tertiary/aromatic N) is 3. The molecule has 1 aromatic heterocycles. The predicted octanol–water partition coefficient (Wildman–Crippen LogP) is 2.64. The topological polar surface area (TPSA) is 57.0 Å². The number of hydrogen-bond donors (Lipinski definition) is 0. The number of para-hydroxylation sites is 1. The molecule has 21 heavy (non-hydrogen) atoms. The maximum Gasteiger partial charge on any atom is 0.168 e. The highest BCUT2D eigenvalue weighted by Gasteiger charge is 2.07. The van der Waals surface area contributed by atoms with E-state index in [1.807, 2.05) is 48.5 Å². The molecule has 0 aliphatic rings. The SMILES string of the molecule is COc1ccc(/C=C(/C=O)n2nnc3ccccc32)cc1. The van der Waals surface area contributed by atoms with Crippen molar-refractivity contribution < 1.29 is 9.53 Å². The van der Waals surface area contributed by atoms with E-state index in [-0.39, 0.29) is 0 Å². The molecule has 1 heterocycles. The van der Waals surface area contributed by atoms with Crippen molar-refractivity contribution in [1.82, 2.24) is 15.0 Å². The molecule has 0 amide bonds. The lowest BCUT2D eigenvalue weighted by Crippen LogP contribution is -2.00. The van der Waals surface area contributed by atoms with Crippen LogP contribution in [0.5, 0.6) is 5.75 Å². The Balaban J connectivity index is 2.04. The maximum absolute atomic E-state index is 11.4. The van der Waals surface area contributed by atoms with Crippen molar-refractivity contribution in [1.29, 1.82) is 0 Å². The van der Waals surface area contributed by atoms with Crippen LogP contribution in [0.25, 0.3) is 22.8 Å². The molecule has 104 valence electrons. The molecule has 3 rings (SSSR count). The smallest absolute Gasteiger partial charge is 0.168 e. The fourth-order valence-corrected chi connectivity index (χ4v) is 2.08. The molecule has 0 fully saturated rings. The summed E-state index contributed by atoms with van der Waals surface area (Å²) in [5.41, 5.74) is 2.86. The zero-order valence-electron chi connectivity index (χ0n) is 11.4. The van der Waals surface area contributed by atoms with Crippen molar-refractivity contribution in [2.24, 2.45) is 0 Å². The third kappa shape index (κ3) is 2.53. The monoisotopic (exact) mass is 279 g/mol. The summed E-state index contributed by atoms with van der Waals surface area (Å²) in [6.07, 6.45) is 2.53. The van der Waals surface area contributed by atoms with Crippen LogP contribution < -0.4 is 4.74 Å². The highest BCUT2D eigenvalue weighted by Crippen LogP contribution is 2.18. The van der Waals surface area contributed by atoms with Crippen molar-refractivity contribution in [3.8, 4) is 5.75 Å². The number of methoxy groups -OCH3 is 1. The average Bonchev–Trinajstić information content (AvgIpc) is 2.97. The van der Waals surface area contributed by atoms with Crippen LogP contribution >= 0.6 is 0 Å². The molecule has 0 spiro atoms. The molecule has 0 unspecified atom stereocenters. The van der Waals surface area contributed by atoms with Crippen molar-refractivity contribution >= 4 is 29.1 Å². The second kappa shape index (κ2) is 5.58. The predicted molar refractivity (Wildman–Crippen MR) is 80.8 cm³/mol. The number of aromatic nitrogens is 3. The van der Waals surface area contributed by atoms with Crippen molar-refractivity contribution in [3.63, 3.8) is 0 Å². The Bertz CT molecular complexity index is 804. The molecule has 0 N–H and O–H groups in total. The van der Waals surface area contributed by atoms with E-state index in [4.69, 9.17) is 4.74 Å². The number of hydrogen-bond acceptors (Lipinski definition) is 4. The summed E-state index contributed by atoms with van der Waals surface area (Å²) in [6.45, 7) is 0. The lowest BCUT2D eigenvalue weighted by Gasteiger charge is -2.03.